The summed E-state index contributed by atoms with van der Waals surface area (Å²) in [7, 11) is 0. The fourth-order valence-corrected chi connectivity index (χ4v) is 4.25. The summed E-state index contributed by atoms with van der Waals surface area (Å²) in [5, 5.41) is 1.12. The smallest absolute Gasteiger partial charge is 0.167 e. The Labute approximate surface area is 137 Å². The monoisotopic (exact) mass is 318 g/mol. The molecule has 0 saturated heterocycles. The predicted octanol–water partition coefficient (Wildman–Crippen LogP) is 3.64. The first kappa shape index (κ1) is 15.7. The van der Waals surface area contributed by atoms with Gasteiger partial charge < -0.3 is 9.13 Å². The molecule has 0 spiro atoms. The molecule has 5 heteroatoms. The van der Waals surface area contributed by atoms with Crippen LogP contribution < -0.4 is 0 Å². The molecule has 2 aromatic heterocycles. The van der Waals surface area contributed by atoms with Crippen LogP contribution in [0.2, 0.25) is 0 Å². The normalized spacial score (nSPS) is 18.9. The maximum atomic E-state index is 4.57. The minimum atomic E-state index is 0.488. The Morgan fingerprint density at radius 3 is 2.86 bits per heavy atom. The minimum Gasteiger partial charge on any atom is -0.349 e. The van der Waals surface area contributed by atoms with Gasteiger partial charge >= 0.3 is 0 Å². The van der Waals surface area contributed by atoms with Gasteiger partial charge in [-0.1, -0.05) is 25.6 Å². The Balaban J connectivity index is 1.87. The van der Waals surface area contributed by atoms with E-state index < -0.39 is 0 Å². The molecule has 0 radical (unpaired) electrons. The van der Waals surface area contributed by atoms with Crippen molar-refractivity contribution in [2.45, 2.75) is 51.6 Å². The Morgan fingerprint density at radius 1 is 1.36 bits per heavy atom. The second-order valence-electron chi connectivity index (χ2n) is 6.27. The van der Waals surface area contributed by atoms with Crippen LogP contribution in [0, 0.1) is 5.92 Å². The van der Waals surface area contributed by atoms with Crippen molar-refractivity contribution in [2.75, 3.05) is 12.8 Å². The van der Waals surface area contributed by atoms with Crippen LogP contribution in [0.3, 0.4) is 0 Å². The molecule has 0 amide bonds. The van der Waals surface area contributed by atoms with E-state index >= 15 is 0 Å². The zero-order valence-corrected chi connectivity index (χ0v) is 14.8. The van der Waals surface area contributed by atoms with Crippen LogP contribution in [0.1, 0.15) is 38.2 Å². The lowest BCUT2D eigenvalue weighted by Crippen LogP contribution is -2.40. The van der Waals surface area contributed by atoms with E-state index in [9.17, 15) is 0 Å². The van der Waals surface area contributed by atoms with Crippen LogP contribution in [0.15, 0.2) is 29.7 Å². The van der Waals surface area contributed by atoms with E-state index in [0.717, 1.165) is 31.3 Å². The first-order valence-electron chi connectivity index (χ1n) is 8.13. The van der Waals surface area contributed by atoms with Crippen LogP contribution in [0.4, 0.5) is 0 Å². The predicted molar refractivity (Wildman–Crippen MR) is 92.1 cm³/mol. The molecule has 3 heterocycles. The highest BCUT2D eigenvalue weighted by atomic mass is 32.2. The number of imidazole rings is 1. The molecule has 0 bridgehead atoms. The molecular formula is C17H26N4S. The van der Waals surface area contributed by atoms with Gasteiger partial charge in [-0.3, -0.25) is 4.90 Å². The van der Waals surface area contributed by atoms with Crippen molar-refractivity contribution in [3.63, 3.8) is 0 Å². The minimum absolute atomic E-state index is 0.488. The summed E-state index contributed by atoms with van der Waals surface area (Å²) in [6.07, 6.45) is 6.37. The number of thioether (sulfide) groups is 1. The van der Waals surface area contributed by atoms with Crippen LogP contribution in [-0.4, -0.2) is 31.8 Å². The molecule has 0 N–H and O–H groups in total. The van der Waals surface area contributed by atoms with Crippen molar-refractivity contribution in [1.82, 2.24) is 19.0 Å². The molecule has 0 aliphatic carbocycles. The standard InChI is InChI=1S/C17H26N4S/c1-5-21-14(11-18-17(21)22-4)12-20-10-9-19-8-6-7-15(19)16(20)13(2)3/h6-8,11,13,16H,5,9-10,12H2,1-4H3. The Kier molecular flexibility index (Phi) is 4.64. The van der Waals surface area contributed by atoms with Gasteiger partial charge in [-0.25, -0.2) is 4.98 Å². The van der Waals surface area contributed by atoms with Gasteiger partial charge in [-0.05, 0) is 31.2 Å². The highest BCUT2D eigenvalue weighted by molar-refractivity contribution is 7.98. The van der Waals surface area contributed by atoms with Gasteiger partial charge in [0.1, 0.15) is 0 Å². The maximum absolute atomic E-state index is 4.57. The van der Waals surface area contributed by atoms with Crippen LogP contribution >= 0.6 is 11.8 Å². The number of fused-ring (bicyclic) bond motifs is 1. The maximum Gasteiger partial charge on any atom is 0.167 e. The van der Waals surface area contributed by atoms with Gasteiger partial charge in [0, 0.05) is 38.1 Å². The average Bonchev–Trinajstić information content (AvgIpc) is 3.12. The summed E-state index contributed by atoms with van der Waals surface area (Å²) in [6, 6.07) is 4.94. The molecule has 1 aliphatic rings. The van der Waals surface area contributed by atoms with Crippen molar-refractivity contribution >= 4 is 11.8 Å². The molecule has 1 atom stereocenters. The number of nitrogens with zero attached hydrogens (tertiary/aromatic N) is 4. The van der Waals surface area contributed by atoms with Crippen molar-refractivity contribution in [3.8, 4) is 0 Å². The van der Waals surface area contributed by atoms with Gasteiger partial charge in [-0.2, -0.15) is 0 Å². The molecule has 3 rings (SSSR count). The Bertz CT molecular complexity index is 628. The SMILES string of the molecule is CCn1c(CN2CCn3cccc3C2C(C)C)cnc1SC. The van der Waals surface area contributed by atoms with Crippen LogP contribution in [0.5, 0.6) is 0 Å². The first-order valence-corrected chi connectivity index (χ1v) is 9.35. The largest absolute Gasteiger partial charge is 0.349 e. The number of aromatic nitrogens is 3. The Morgan fingerprint density at radius 2 is 2.18 bits per heavy atom. The third-order valence-corrected chi connectivity index (χ3v) is 5.28. The lowest BCUT2D eigenvalue weighted by atomic mass is 9.97. The van der Waals surface area contributed by atoms with E-state index in [1.165, 1.54) is 11.4 Å². The number of hydrogen-bond donors (Lipinski definition) is 0. The molecule has 2 aromatic rings. The van der Waals surface area contributed by atoms with E-state index in [1.54, 1.807) is 11.8 Å². The van der Waals surface area contributed by atoms with Crippen LogP contribution in [-0.2, 0) is 19.6 Å². The molecular weight excluding hydrogens is 292 g/mol. The fourth-order valence-electron chi connectivity index (χ4n) is 3.63. The highest BCUT2D eigenvalue weighted by Gasteiger charge is 2.30. The van der Waals surface area contributed by atoms with E-state index in [1.807, 2.05) is 0 Å². The summed E-state index contributed by atoms with van der Waals surface area (Å²) in [4.78, 5) is 7.19. The molecule has 0 saturated carbocycles. The molecule has 0 aromatic carbocycles. The van der Waals surface area contributed by atoms with Crippen molar-refractivity contribution in [2.24, 2.45) is 5.92 Å². The van der Waals surface area contributed by atoms with Crippen LogP contribution in [0.25, 0.3) is 0 Å². The quantitative estimate of drug-likeness (QED) is 0.787. The number of rotatable bonds is 5. The lowest BCUT2D eigenvalue weighted by Gasteiger charge is -2.39. The topological polar surface area (TPSA) is 26.0 Å². The summed E-state index contributed by atoms with van der Waals surface area (Å²) < 4.78 is 4.75. The van der Waals surface area contributed by atoms with E-state index in [4.69, 9.17) is 0 Å². The van der Waals surface area contributed by atoms with Gasteiger partial charge in [0.25, 0.3) is 0 Å². The van der Waals surface area contributed by atoms with Gasteiger partial charge in [0.15, 0.2) is 5.16 Å². The fraction of sp³-hybridized carbons (Fsp3) is 0.588. The second kappa shape index (κ2) is 6.50. The second-order valence-corrected chi connectivity index (χ2v) is 7.04. The van der Waals surface area contributed by atoms with Crippen molar-refractivity contribution in [1.29, 1.82) is 0 Å². The molecule has 120 valence electrons. The lowest BCUT2D eigenvalue weighted by molar-refractivity contribution is 0.109. The summed E-state index contributed by atoms with van der Waals surface area (Å²) in [6.45, 7) is 11.0. The van der Waals surface area contributed by atoms with Crippen molar-refractivity contribution < 1.29 is 0 Å². The van der Waals surface area contributed by atoms with Gasteiger partial charge in [0.05, 0.1) is 17.9 Å². The van der Waals surface area contributed by atoms with E-state index in [-0.39, 0.29) is 0 Å². The molecule has 1 aliphatic heterocycles. The molecule has 1 unspecified atom stereocenters. The third-order valence-electron chi connectivity index (χ3n) is 4.59. The highest BCUT2D eigenvalue weighted by Crippen LogP contribution is 2.33. The summed E-state index contributed by atoms with van der Waals surface area (Å²) in [5.41, 5.74) is 2.78. The summed E-state index contributed by atoms with van der Waals surface area (Å²) in [5.74, 6) is 0.604. The van der Waals surface area contributed by atoms with E-state index in [0.29, 0.717) is 12.0 Å². The Hall–Kier alpha value is -1.20. The zero-order chi connectivity index (χ0) is 15.7. The van der Waals surface area contributed by atoms with Crippen molar-refractivity contribution in [3.05, 3.63) is 35.9 Å². The molecule has 22 heavy (non-hydrogen) atoms. The van der Waals surface area contributed by atoms with Gasteiger partial charge in [0.2, 0.25) is 0 Å². The van der Waals surface area contributed by atoms with E-state index in [2.05, 4.69) is 70.6 Å². The first-order chi connectivity index (χ1) is 10.7. The average molecular weight is 318 g/mol. The molecule has 0 fully saturated rings. The third kappa shape index (κ3) is 2.72. The van der Waals surface area contributed by atoms with Gasteiger partial charge in [-0.15, -0.1) is 0 Å². The number of hydrogen-bond acceptors (Lipinski definition) is 3. The molecule has 4 nitrogen and oxygen atoms in total. The zero-order valence-electron chi connectivity index (χ0n) is 14.0. The summed E-state index contributed by atoms with van der Waals surface area (Å²) >= 11 is 1.73.